The Hall–Kier alpha value is -1.83. The van der Waals surface area contributed by atoms with E-state index in [2.05, 4.69) is 19.8 Å². The van der Waals surface area contributed by atoms with Crippen molar-refractivity contribution in [3.05, 3.63) is 47.9 Å². The lowest BCUT2D eigenvalue weighted by atomic mass is 10.2. The fourth-order valence-corrected chi connectivity index (χ4v) is 3.23. The quantitative estimate of drug-likeness (QED) is 0.830. The number of hydrogen-bond donors (Lipinski definition) is 1. The van der Waals surface area contributed by atoms with Crippen molar-refractivity contribution >= 4 is 0 Å². The van der Waals surface area contributed by atoms with Crippen molar-refractivity contribution in [2.24, 2.45) is 0 Å². The van der Waals surface area contributed by atoms with Crippen LogP contribution in [0.2, 0.25) is 0 Å². The molecule has 3 rings (SSSR count). The van der Waals surface area contributed by atoms with Crippen LogP contribution in [0.4, 0.5) is 4.39 Å². The SMILES string of the molecule is CN(Cc1ccc(CO)o1)C[C@@H]1C[C@H](F)CN1Cc1cncnc1. The van der Waals surface area contributed by atoms with E-state index in [4.69, 9.17) is 9.52 Å². The fourth-order valence-electron chi connectivity index (χ4n) is 3.23. The second-order valence-corrected chi connectivity index (χ2v) is 6.39. The topological polar surface area (TPSA) is 65.6 Å². The highest BCUT2D eigenvalue weighted by Crippen LogP contribution is 2.23. The first-order chi connectivity index (χ1) is 11.6. The molecule has 2 aromatic rings. The van der Waals surface area contributed by atoms with Gasteiger partial charge in [-0.05, 0) is 25.6 Å². The van der Waals surface area contributed by atoms with Crippen molar-refractivity contribution in [2.45, 2.75) is 38.3 Å². The van der Waals surface area contributed by atoms with Gasteiger partial charge in [0.05, 0.1) is 6.54 Å². The average Bonchev–Trinajstić information content (AvgIpc) is 3.15. The van der Waals surface area contributed by atoms with E-state index in [1.165, 1.54) is 6.33 Å². The molecule has 3 heterocycles. The number of nitrogens with zero attached hydrogens (tertiary/aromatic N) is 4. The van der Waals surface area contributed by atoms with Gasteiger partial charge in [-0.3, -0.25) is 9.80 Å². The first kappa shape index (κ1) is 17.0. The molecule has 2 atom stereocenters. The standard InChI is InChI=1S/C17H23FN4O2/c1-21(10-16-2-3-17(11-23)24-16)9-15-4-14(18)8-22(15)7-13-5-19-12-20-6-13/h2-3,5-6,12,14-15,23H,4,7-11H2,1H3/t14-,15-/m0/s1. The van der Waals surface area contributed by atoms with E-state index in [1.807, 2.05) is 13.1 Å². The van der Waals surface area contributed by atoms with E-state index in [-0.39, 0.29) is 12.6 Å². The number of rotatable bonds is 7. The Morgan fingerprint density at radius 3 is 2.79 bits per heavy atom. The minimum absolute atomic E-state index is 0.0944. The van der Waals surface area contributed by atoms with Crippen LogP contribution in [0.3, 0.4) is 0 Å². The summed E-state index contributed by atoms with van der Waals surface area (Å²) in [6.07, 6.45) is 4.80. The molecular weight excluding hydrogens is 311 g/mol. The van der Waals surface area contributed by atoms with Gasteiger partial charge in [0.1, 0.15) is 30.6 Å². The summed E-state index contributed by atoms with van der Waals surface area (Å²) in [4.78, 5) is 12.3. The highest BCUT2D eigenvalue weighted by Gasteiger charge is 2.32. The molecular formula is C17H23FN4O2. The van der Waals surface area contributed by atoms with E-state index in [0.29, 0.717) is 31.8 Å². The number of likely N-dealkylation sites (N-methyl/N-ethyl adjacent to an activating group) is 1. The number of aliphatic hydroxyl groups excluding tert-OH is 1. The van der Waals surface area contributed by atoms with Crippen molar-refractivity contribution in [1.29, 1.82) is 0 Å². The van der Waals surface area contributed by atoms with Gasteiger partial charge in [-0.1, -0.05) is 0 Å². The molecule has 1 N–H and O–H groups in total. The van der Waals surface area contributed by atoms with Crippen LogP contribution in [0.1, 0.15) is 23.5 Å². The Labute approximate surface area is 140 Å². The summed E-state index contributed by atoms with van der Waals surface area (Å²) < 4.78 is 19.4. The van der Waals surface area contributed by atoms with Crippen LogP contribution >= 0.6 is 0 Å². The van der Waals surface area contributed by atoms with Crippen molar-refractivity contribution in [1.82, 2.24) is 19.8 Å². The molecule has 0 saturated carbocycles. The molecule has 24 heavy (non-hydrogen) atoms. The smallest absolute Gasteiger partial charge is 0.129 e. The second-order valence-electron chi connectivity index (χ2n) is 6.39. The lowest BCUT2D eigenvalue weighted by Crippen LogP contribution is -2.38. The van der Waals surface area contributed by atoms with Gasteiger partial charge in [-0.15, -0.1) is 0 Å². The monoisotopic (exact) mass is 334 g/mol. The summed E-state index contributed by atoms with van der Waals surface area (Å²) in [7, 11) is 2.00. The Kier molecular flexibility index (Phi) is 5.55. The van der Waals surface area contributed by atoms with E-state index >= 15 is 0 Å². The molecule has 0 amide bonds. The Balaban J connectivity index is 1.57. The summed E-state index contributed by atoms with van der Waals surface area (Å²) in [5, 5.41) is 9.05. The predicted molar refractivity (Wildman–Crippen MR) is 86.7 cm³/mol. The summed E-state index contributed by atoms with van der Waals surface area (Å²) in [5.41, 5.74) is 0.998. The number of aromatic nitrogens is 2. The second kappa shape index (κ2) is 7.83. The molecule has 0 bridgehead atoms. The summed E-state index contributed by atoms with van der Waals surface area (Å²) in [6, 6.07) is 3.80. The first-order valence-corrected chi connectivity index (χ1v) is 8.13. The molecule has 1 saturated heterocycles. The van der Waals surface area contributed by atoms with E-state index < -0.39 is 6.17 Å². The summed E-state index contributed by atoms with van der Waals surface area (Å²) in [6.45, 7) is 2.40. The van der Waals surface area contributed by atoms with Crippen molar-refractivity contribution in [3.63, 3.8) is 0 Å². The van der Waals surface area contributed by atoms with Crippen LogP contribution in [-0.4, -0.2) is 57.2 Å². The molecule has 1 aliphatic rings. The van der Waals surface area contributed by atoms with Crippen LogP contribution in [-0.2, 0) is 19.7 Å². The Bertz CT molecular complexity index is 637. The van der Waals surface area contributed by atoms with Crippen LogP contribution in [0.5, 0.6) is 0 Å². The van der Waals surface area contributed by atoms with Crippen LogP contribution < -0.4 is 0 Å². The molecule has 0 aromatic carbocycles. The van der Waals surface area contributed by atoms with E-state index in [0.717, 1.165) is 17.9 Å². The van der Waals surface area contributed by atoms with Gasteiger partial charge >= 0.3 is 0 Å². The predicted octanol–water partition coefficient (Wildman–Crippen LogP) is 1.61. The van der Waals surface area contributed by atoms with Gasteiger partial charge in [-0.2, -0.15) is 0 Å². The Morgan fingerprint density at radius 1 is 1.33 bits per heavy atom. The molecule has 6 nitrogen and oxygen atoms in total. The number of likely N-dealkylation sites (tertiary alicyclic amines) is 1. The minimum Gasteiger partial charge on any atom is -0.462 e. The molecule has 0 unspecified atom stereocenters. The zero-order valence-corrected chi connectivity index (χ0v) is 13.8. The summed E-state index contributed by atoms with van der Waals surface area (Å²) >= 11 is 0. The zero-order chi connectivity index (χ0) is 16.9. The lowest BCUT2D eigenvalue weighted by molar-refractivity contribution is 0.172. The van der Waals surface area contributed by atoms with Gasteiger partial charge < -0.3 is 9.52 Å². The molecule has 2 aromatic heterocycles. The maximum Gasteiger partial charge on any atom is 0.129 e. The van der Waals surface area contributed by atoms with Crippen molar-refractivity contribution in [3.8, 4) is 0 Å². The van der Waals surface area contributed by atoms with Crippen LogP contribution in [0.15, 0.2) is 35.3 Å². The maximum atomic E-state index is 13.9. The average molecular weight is 334 g/mol. The van der Waals surface area contributed by atoms with Crippen LogP contribution in [0.25, 0.3) is 0 Å². The lowest BCUT2D eigenvalue weighted by Gasteiger charge is -2.27. The highest BCUT2D eigenvalue weighted by atomic mass is 19.1. The molecule has 130 valence electrons. The van der Waals surface area contributed by atoms with Gasteiger partial charge in [0.2, 0.25) is 0 Å². The number of alkyl halides is 1. The molecule has 0 spiro atoms. The number of hydrogen-bond acceptors (Lipinski definition) is 6. The van der Waals surface area contributed by atoms with Gasteiger partial charge in [0.15, 0.2) is 0 Å². The van der Waals surface area contributed by atoms with E-state index in [1.54, 1.807) is 18.5 Å². The van der Waals surface area contributed by atoms with Gasteiger partial charge in [0, 0.05) is 43.6 Å². The molecule has 1 aliphatic heterocycles. The molecule has 0 aliphatic carbocycles. The molecule has 0 radical (unpaired) electrons. The normalized spacial score (nSPS) is 21.7. The van der Waals surface area contributed by atoms with Crippen molar-refractivity contribution in [2.75, 3.05) is 20.1 Å². The third-order valence-corrected chi connectivity index (χ3v) is 4.30. The molecule has 7 heteroatoms. The fraction of sp³-hybridized carbons (Fsp3) is 0.529. The number of furan rings is 1. The van der Waals surface area contributed by atoms with Gasteiger partial charge in [-0.25, -0.2) is 14.4 Å². The molecule has 1 fully saturated rings. The zero-order valence-electron chi connectivity index (χ0n) is 13.8. The van der Waals surface area contributed by atoms with Crippen LogP contribution in [0, 0.1) is 0 Å². The van der Waals surface area contributed by atoms with Crippen molar-refractivity contribution < 1.29 is 13.9 Å². The highest BCUT2D eigenvalue weighted by molar-refractivity contribution is 5.07. The number of aliphatic hydroxyl groups is 1. The van der Waals surface area contributed by atoms with E-state index in [9.17, 15) is 4.39 Å². The largest absolute Gasteiger partial charge is 0.462 e. The van der Waals surface area contributed by atoms with Gasteiger partial charge in [0.25, 0.3) is 0 Å². The first-order valence-electron chi connectivity index (χ1n) is 8.13. The Morgan fingerprint density at radius 2 is 2.08 bits per heavy atom. The number of halogens is 1. The maximum absolute atomic E-state index is 13.9. The minimum atomic E-state index is -0.794. The third kappa shape index (κ3) is 4.37. The summed E-state index contributed by atoms with van der Waals surface area (Å²) in [5.74, 6) is 1.37. The third-order valence-electron chi connectivity index (χ3n) is 4.30.